The Morgan fingerprint density at radius 3 is 2.89 bits per heavy atom. The Balaban J connectivity index is 0.00000280. The number of benzene rings is 1. The Kier molecular flexibility index (Phi) is 10.0. The van der Waals surface area contributed by atoms with Gasteiger partial charge in [-0.15, -0.1) is 24.0 Å². The van der Waals surface area contributed by atoms with Gasteiger partial charge in [0.2, 0.25) is 0 Å². The van der Waals surface area contributed by atoms with Gasteiger partial charge in [-0.25, -0.2) is 0 Å². The van der Waals surface area contributed by atoms with E-state index in [1.165, 1.54) is 24.3 Å². The first-order chi connectivity index (χ1) is 13.2. The Bertz CT molecular complexity index is 630. The molecule has 5 nitrogen and oxygen atoms in total. The summed E-state index contributed by atoms with van der Waals surface area (Å²) in [6, 6.07) is 8.38. The number of methoxy groups -OCH3 is 1. The summed E-state index contributed by atoms with van der Waals surface area (Å²) in [6.07, 6.45) is 2.44. The van der Waals surface area contributed by atoms with Crippen molar-refractivity contribution in [2.75, 3.05) is 57.0 Å². The minimum atomic E-state index is 0. The number of halogens is 1. The van der Waals surface area contributed by atoms with Gasteiger partial charge in [0.15, 0.2) is 5.96 Å². The summed E-state index contributed by atoms with van der Waals surface area (Å²) in [5, 5.41) is 4.25. The first-order valence-corrected chi connectivity index (χ1v) is 11.3. The average Bonchev–Trinajstić information content (AvgIpc) is 3.20. The van der Waals surface area contributed by atoms with E-state index in [0.717, 1.165) is 56.2 Å². The van der Waals surface area contributed by atoms with Crippen LogP contribution in [0.5, 0.6) is 5.75 Å². The molecule has 3 rings (SSSR count). The smallest absolute Gasteiger partial charge is 0.193 e. The van der Waals surface area contributed by atoms with Gasteiger partial charge in [-0.2, -0.15) is 11.8 Å². The monoisotopic (exact) mass is 518 g/mol. The van der Waals surface area contributed by atoms with E-state index in [9.17, 15) is 0 Å². The fourth-order valence-corrected chi connectivity index (χ4v) is 5.00. The van der Waals surface area contributed by atoms with Gasteiger partial charge in [0, 0.05) is 62.0 Å². The van der Waals surface area contributed by atoms with Crippen molar-refractivity contribution < 1.29 is 4.74 Å². The van der Waals surface area contributed by atoms with E-state index in [2.05, 4.69) is 58.9 Å². The van der Waals surface area contributed by atoms with Crippen molar-refractivity contribution in [1.82, 2.24) is 10.2 Å². The first-order valence-electron chi connectivity index (χ1n) is 10.3. The molecular formula is C21H35IN4OS. The molecule has 2 fully saturated rings. The molecule has 2 saturated heterocycles. The molecule has 2 heterocycles. The van der Waals surface area contributed by atoms with Crippen LogP contribution in [0.3, 0.4) is 0 Å². The third-order valence-corrected chi connectivity index (χ3v) is 6.80. The molecular weight excluding hydrogens is 483 g/mol. The van der Waals surface area contributed by atoms with Crippen molar-refractivity contribution in [3.05, 3.63) is 24.3 Å². The van der Waals surface area contributed by atoms with E-state index >= 15 is 0 Å². The van der Waals surface area contributed by atoms with E-state index in [0.29, 0.717) is 5.92 Å². The highest BCUT2D eigenvalue weighted by molar-refractivity contribution is 14.0. The lowest BCUT2D eigenvalue weighted by atomic mass is 10.1. The van der Waals surface area contributed by atoms with Gasteiger partial charge >= 0.3 is 0 Å². The first kappa shape index (κ1) is 23.4. The van der Waals surface area contributed by atoms with Crippen LogP contribution < -0.4 is 15.0 Å². The van der Waals surface area contributed by atoms with Crippen LogP contribution in [0.4, 0.5) is 5.69 Å². The molecule has 0 spiro atoms. The van der Waals surface area contributed by atoms with E-state index in [1.54, 1.807) is 7.11 Å². The van der Waals surface area contributed by atoms with Gasteiger partial charge in [0.05, 0.1) is 7.11 Å². The number of nitrogens with one attached hydrogen (secondary N) is 1. The molecule has 28 heavy (non-hydrogen) atoms. The zero-order chi connectivity index (χ0) is 19.1. The highest BCUT2D eigenvalue weighted by Gasteiger charge is 2.25. The van der Waals surface area contributed by atoms with Crippen LogP contribution in [0.25, 0.3) is 0 Å². The molecule has 2 atom stereocenters. The Labute approximate surface area is 191 Å². The van der Waals surface area contributed by atoms with Gasteiger partial charge in [-0.1, -0.05) is 13.0 Å². The minimum absolute atomic E-state index is 0. The molecule has 0 aromatic heterocycles. The number of guanidine groups is 1. The van der Waals surface area contributed by atoms with E-state index in [4.69, 9.17) is 9.73 Å². The highest BCUT2D eigenvalue weighted by Crippen LogP contribution is 2.27. The summed E-state index contributed by atoms with van der Waals surface area (Å²) in [7, 11) is 1.73. The van der Waals surface area contributed by atoms with E-state index in [-0.39, 0.29) is 24.0 Å². The zero-order valence-electron chi connectivity index (χ0n) is 17.4. The number of nitrogens with zero attached hydrogens (tertiary/aromatic N) is 3. The normalized spacial score (nSPS) is 22.8. The number of hydrogen-bond acceptors (Lipinski definition) is 4. The molecule has 1 N–H and O–H groups in total. The van der Waals surface area contributed by atoms with Gasteiger partial charge in [0.1, 0.15) is 5.75 Å². The molecule has 0 bridgehead atoms. The topological polar surface area (TPSA) is 40.1 Å². The van der Waals surface area contributed by atoms with Gasteiger partial charge in [-0.3, -0.25) is 4.99 Å². The molecule has 2 aliphatic rings. The predicted molar refractivity (Wildman–Crippen MR) is 133 cm³/mol. The maximum atomic E-state index is 5.37. The molecule has 158 valence electrons. The van der Waals surface area contributed by atoms with Gasteiger partial charge < -0.3 is 19.9 Å². The largest absolute Gasteiger partial charge is 0.497 e. The van der Waals surface area contributed by atoms with Crippen molar-refractivity contribution in [2.45, 2.75) is 31.9 Å². The second-order valence-corrected chi connectivity index (χ2v) is 8.75. The molecule has 0 saturated carbocycles. The molecule has 1 aromatic rings. The summed E-state index contributed by atoms with van der Waals surface area (Å²) < 4.78 is 5.37. The van der Waals surface area contributed by atoms with Crippen LogP contribution in [-0.2, 0) is 0 Å². The standard InChI is InChI=1S/C21H34N4OS.HI/c1-4-20-16-25(11-12-27-20)21(22-5-2)23-14-17-9-10-24(15-17)18-7-6-8-19(13-18)26-3;/h6-8,13,17,20H,4-5,9-12,14-16H2,1-3H3,(H,22,23);1H. The maximum absolute atomic E-state index is 5.37. The summed E-state index contributed by atoms with van der Waals surface area (Å²) in [6.45, 7) is 10.7. The van der Waals surface area contributed by atoms with E-state index in [1.807, 2.05) is 6.07 Å². The van der Waals surface area contributed by atoms with Crippen molar-refractivity contribution in [2.24, 2.45) is 10.9 Å². The van der Waals surface area contributed by atoms with Crippen LogP contribution in [0, 0.1) is 5.92 Å². The molecule has 1 aromatic carbocycles. The summed E-state index contributed by atoms with van der Waals surface area (Å²) in [5.41, 5.74) is 1.26. The molecule has 7 heteroatoms. The van der Waals surface area contributed by atoms with Crippen molar-refractivity contribution >= 4 is 47.4 Å². The second kappa shape index (κ2) is 12.0. The van der Waals surface area contributed by atoms with Crippen LogP contribution >= 0.6 is 35.7 Å². The van der Waals surface area contributed by atoms with Gasteiger partial charge in [-0.05, 0) is 37.8 Å². The number of hydrogen-bond donors (Lipinski definition) is 1. The molecule has 0 radical (unpaired) electrons. The van der Waals surface area contributed by atoms with Crippen LogP contribution in [-0.4, -0.2) is 68.2 Å². The fraction of sp³-hybridized carbons (Fsp3) is 0.667. The van der Waals surface area contributed by atoms with Gasteiger partial charge in [0.25, 0.3) is 0 Å². The number of thioether (sulfide) groups is 1. The SMILES string of the molecule is CCNC(=NCC1CCN(c2cccc(OC)c2)C1)N1CCSC(CC)C1.I. The predicted octanol–water partition coefficient (Wildman–Crippen LogP) is 3.93. The second-order valence-electron chi connectivity index (χ2n) is 7.34. The number of aliphatic imine (C=N–C) groups is 1. The number of ether oxygens (including phenoxy) is 1. The lowest BCUT2D eigenvalue weighted by Gasteiger charge is -2.34. The lowest BCUT2D eigenvalue weighted by Crippen LogP contribution is -2.48. The fourth-order valence-electron chi connectivity index (χ4n) is 3.82. The summed E-state index contributed by atoms with van der Waals surface area (Å²) in [5.74, 6) is 3.86. The number of rotatable bonds is 6. The highest BCUT2D eigenvalue weighted by atomic mass is 127. The molecule has 2 aliphatic heterocycles. The van der Waals surface area contributed by atoms with Crippen molar-refractivity contribution in [3.8, 4) is 5.75 Å². The Hall–Kier alpha value is -0.830. The van der Waals surface area contributed by atoms with Crippen molar-refractivity contribution in [1.29, 1.82) is 0 Å². The van der Waals surface area contributed by atoms with Crippen LogP contribution in [0.15, 0.2) is 29.3 Å². The maximum Gasteiger partial charge on any atom is 0.193 e. The average molecular weight is 519 g/mol. The molecule has 2 unspecified atom stereocenters. The van der Waals surface area contributed by atoms with Crippen LogP contribution in [0.1, 0.15) is 26.7 Å². The van der Waals surface area contributed by atoms with Crippen LogP contribution in [0.2, 0.25) is 0 Å². The Morgan fingerprint density at radius 1 is 1.29 bits per heavy atom. The third-order valence-electron chi connectivity index (χ3n) is 5.43. The third kappa shape index (κ3) is 6.34. The van der Waals surface area contributed by atoms with E-state index < -0.39 is 0 Å². The minimum Gasteiger partial charge on any atom is -0.497 e. The Morgan fingerprint density at radius 2 is 2.14 bits per heavy atom. The van der Waals surface area contributed by atoms with Crippen molar-refractivity contribution in [3.63, 3.8) is 0 Å². The zero-order valence-corrected chi connectivity index (χ0v) is 20.5. The quantitative estimate of drug-likeness (QED) is 0.351. The summed E-state index contributed by atoms with van der Waals surface area (Å²) >= 11 is 2.11. The number of anilines is 1. The molecule has 0 amide bonds. The lowest BCUT2D eigenvalue weighted by molar-refractivity contribution is 0.406. The molecule has 0 aliphatic carbocycles. The summed E-state index contributed by atoms with van der Waals surface area (Å²) in [4.78, 5) is 9.94.